The molecule has 0 spiro atoms. The molecule has 1 heterocycles. The Balaban J connectivity index is 1.57. The maximum absolute atomic E-state index is 14.8. The molecular formula is C37H60N6O7. The zero-order chi connectivity index (χ0) is 36.7. The number of hydrogen-bond donors (Lipinski definition) is 5. The van der Waals surface area contributed by atoms with Gasteiger partial charge in [0, 0.05) is 19.6 Å². The molecule has 0 aromatic rings. The monoisotopic (exact) mass is 700 g/mol. The van der Waals surface area contributed by atoms with Crippen molar-refractivity contribution < 1.29 is 33.5 Å². The van der Waals surface area contributed by atoms with Crippen molar-refractivity contribution in [3.05, 3.63) is 12.7 Å². The molecule has 13 heteroatoms. The van der Waals surface area contributed by atoms with E-state index < -0.39 is 58.8 Å². The predicted molar refractivity (Wildman–Crippen MR) is 189 cm³/mol. The van der Waals surface area contributed by atoms with Gasteiger partial charge in [-0.15, -0.1) is 6.58 Å². The quantitative estimate of drug-likeness (QED) is 0.128. The third-order valence-electron chi connectivity index (χ3n) is 11.8. The number of rotatable bonds is 15. The highest BCUT2D eigenvalue weighted by Crippen LogP contribution is 2.65. The highest BCUT2D eigenvalue weighted by Gasteiger charge is 2.70. The molecule has 3 aliphatic carbocycles. The first kappa shape index (κ1) is 39.2. The van der Waals surface area contributed by atoms with Crippen molar-refractivity contribution in [2.75, 3.05) is 26.2 Å². The number of Topliss-reactive ketones (excluding diaryl/α,β-unsaturated/α-hetero) is 1. The van der Waals surface area contributed by atoms with Gasteiger partial charge in [-0.2, -0.15) is 0 Å². The standard InChI is InChI=1S/C37H60N6O7/c1-7-16-25(28(44)31(46)39-21-8-2)40-30(45)27-26-24(35(26,4)5)22-43(27)32(47)29(36(6)17-12-10-13-18-36)41-33(48)42-37(19-14-11-15-20-37)23-50-34(49)38-9-3/h8,24-27,29H,2,7,9-23H2,1,3-6H3,(H,38,49)(H,39,46)(H,40,45)(H2,41,42,48)/t24-,25?,26-,27-,29+/m0/s1. The summed E-state index contributed by atoms with van der Waals surface area (Å²) >= 11 is 0. The smallest absolute Gasteiger partial charge is 0.407 e. The van der Waals surface area contributed by atoms with Gasteiger partial charge in [0.25, 0.3) is 5.91 Å². The van der Waals surface area contributed by atoms with Crippen LogP contribution in [-0.2, 0) is 23.9 Å². The molecule has 1 saturated heterocycles. The number of likely N-dealkylation sites (tertiary alicyclic amines) is 1. The van der Waals surface area contributed by atoms with E-state index in [-0.39, 0.29) is 42.7 Å². The predicted octanol–water partition coefficient (Wildman–Crippen LogP) is 3.71. The minimum Gasteiger partial charge on any atom is -0.447 e. The van der Waals surface area contributed by atoms with Crippen LogP contribution in [0.3, 0.4) is 0 Å². The molecule has 280 valence electrons. The number of amides is 6. The van der Waals surface area contributed by atoms with Crippen LogP contribution in [0.1, 0.15) is 112 Å². The minimum atomic E-state index is -1.03. The molecule has 50 heavy (non-hydrogen) atoms. The van der Waals surface area contributed by atoms with Crippen molar-refractivity contribution in [2.45, 2.75) is 135 Å². The lowest BCUT2D eigenvalue weighted by Gasteiger charge is -2.44. The van der Waals surface area contributed by atoms with E-state index >= 15 is 0 Å². The molecule has 5 atom stereocenters. The summed E-state index contributed by atoms with van der Waals surface area (Å²) in [5.74, 6) is -2.33. The topological polar surface area (TPSA) is 175 Å². The largest absolute Gasteiger partial charge is 0.447 e. The normalized spacial score (nSPS) is 25.5. The zero-order valence-electron chi connectivity index (χ0n) is 30.8. The van der Waals surface area contributed by atoms with Crippen LogP contribution in [0.4, 0.5) is 9.59 Å². The molecule has 4 aliphatic rings. The number of fused-ring (bicyclic) bond motifs is 1. The fourth-order valence-corrected chi connectivity index (χ4v) is 8.73. The average molecular weight is 701 g/mol. The summed E-state index contributed by atoms with van der Waals surface area (Å²) in [5, 5.41) is 14.2. The van der Waals surface area contributed by atoms with Gasteiger partial charge in [0.05, 0.1) is 11.6 Å². The Morgan fingerprint density at radius 3 is 2.14 bits per heavy atom. The molecule has 4 rings (SSSR count). The van der Waals surface area contributed by atoms with Crippen molar-refractivity contribution in [3.8, 4) is 0 Å². The lowest BCUT2D eigenvalue weighted by Crippen LogP contribution is -2.64. The lowest BCUT2D eigenvalue weighted by molar-refractivity contribution is -0.146. The van der Waals surface area contributed by atoms with E-state index in [0.29, 0.717) is 32.4 Å². The first-order valence-electron chi connectivity index (χ1n) is 18.8. The van der Waals surface area contributed by atoms with Crippen LogP contribution >= 0.6 is 0 Å². The van der Waals surface area contributed by atoms with Crippen LogP contribution in [0.25, 0.3) is 0 Å². The second-order valence-electron chi connectivity index (χ2n) is 15.8. The van der Waals surface area contributed by atoms with Crippen LogP contribution in [0.15, 0.2) is 12.7 Å². The Morgan fingerprint density at radius 1 is 0.900 bits per heavy atom. The number of carbonyl (C=O) groups is 6. The van der Waals surface area contributed by atoms with E-state index in [1.807, 2.05) is 13.8 Å². The van der Waals surface area contributed by atoms with Crippen molar-refractivity contribution >= 4 is 35.6 Å². The summed E-state index contributed by atoms with van der Waals surface area (Å²) in [6.45, 7) is 14.4. The van der Waals surface area contributed by atoms with E-state index in [2.05, 4.69) is 47.0 Å². The van der Waals surface area contributed by atoms with Gasteiger partial charge in [0.15, 0.2) is 0 Å². The first-order valence-corrected chi connectivity index (χ1v) is 18.8. The van der Waals surface area contributed by atoms with E-state index in [1.54, 1.807) is 11.8 Å². The number of nitrogens with one attached hydrogen (secondary N) is 5. The van der Waals surface area contributed by atoms with Crippen molar-refractivity contribution in [1.82, 2.24) is 31.5 Å². The van der Waals surface area contributed by atoms with E-state index in [9.17, 15) is 28.8 Å². The lowest BCUT2D eigenvalue weighted by atomic mass is 9.70. The Hall–Kier alpha value is -3.64. The number of alkyl carbamates (subject to hydrolysis) is 1. The molecule has 5 N–H and O–H groups in total. The maximum atomic E-state index is 14.8. The minimum absolute atomic E-state index is 0.0260. The van der Waals surface area contributed by atoms with E-state index in [4.69, 9.17) is 4.74 Å². The Bertz CT molecular complexity index is 1290. The van der Waals surface area contributed by atoms with Crippen molar-refractivity contribution in [1.29, 1.82) is 0 Å². The SMILES string of the molecule is C=CCNC(=O)C(=O)C(CCC)NC(=O)[C@@H]1[C@@H]2[C@H](CN1C(=O)[C@@H](NC(=O)NC1(COC(=O)NCC)CCCCC1)C1(C)CCCCC1)C2(C)C. The fraction of sp³-hybridized carbons (Fsp3) is 0.784. The highest BCUT2D eigenvalue weighted by molar-refractivity contribution is 6.38. The maximum Gasteiger partial charge on any atom is 0.407 e. The van der Waals surface area contributed by atoms with Gasteiger partial charge >= 0.3 is 12.1 Å². The van der Waals surface area contributed by atoms with E-state index in [1.165, 1.54) is 6.08 Å². The van der Waals surface area contributed by atoms with Gasteiger partial charge in [-0.3, -0.25) is 19.2 Å². The second-order valence-corrected chi connectivity index (χ2v) is 15.8. The van der Waals surface area contributed by atoms with Crippen LogP contribution < -0.4 is 26.6 Å². The van der Waals surface area contributed by atoms with Gasteiger partial charge in [0.1, 0.15) is 18.7 Å². The number of ether oxygens (including phenoxy) is 1. The van der Waals surface area contributed by atoms with Gasteiger partial charge < -0.3 is 36.2 Å². The number of nitrogens with zero attached hydrogens (tertiary/aromatic N) is 1. The van der Waals surface area contributed by atoms with Gasteiger partial charge in [-0.1, -0.05) is 78.7 Å². The third-order valence-corrected chi connectivity index (χ3v) is 11.8. The molecule has 1 aliphatic heterocycles. The van der Waals surface area contributed by atoms with Crippen molar-refractivity contribution in [3.63, 3.8) is 0 Å². The van der Waals surface area contributed by atoms with E-state index in [0.717, 1.165) is 51.4 Å². The molecule has 0 bridgehead atoms. The summed E-state index contributed by atoms with van der Waals surface area (Å²) in [6.07, 6.45) is 10.2. The number of piperidine rings is 1. The van der Waals surface area contributed by atoms with Crippen LogP contribution in [0.5, 0.6) is 0 Å². The number of ketones is 1. The van der Waals surface area contributed by atoms with Crippen LogP contribution in [0.2, 0.25) is 0 Å². The zero-order valence-corrected chi connectivity index (χ0v) is 30.8. The molecule has 0 aromatic heterocycles. The molecule has 6 amide bonds. The number of carbonyl (C=O) groups excluding carboxylic acids is 6. The highest BCUT2D eigenvalue weighted by atomic mass is 16.5. The van der Waals surface area contributed by atoms with Crippen LogP contribution in [-0.4, -0.2) is 90.4 Å². The molecular weight excluding hydrogens is 640 g/mol. The van der Waals surface area contributed by atoms with Crippen LogP contribution in [0, 0.1) is 22.7 Å². The summed E-state index contributed by atoms with van der Waals surface area (Å²) in [5.41, 5.74) is -1.48. The van der Waals surface area contributed by atoms with Gasteiger partial charge in [-0.25, -0.2) is 9.59 Å². The number of urea groups is 1. The fourth-order valence-electron chi connectivity index (χ4n) is 8.73. The second kappa shape index (κ2) is 16.6. The molecule has 13 nitrogen and oxygen atoms in total. The Morgan fingerprint density at radius 2 is 1.54 bits per heavy atom. The molecule has 4 fully saturated rings. The first-order chi connectivity index (χ1) is 23.7. The van der Waals surface area contributed by atoms with Gasteiger partial charge in [-0.05, 0) is 61.7 Å². The molecule has 0 radical (unpaired) electrons. The molecule has 3 saturated carbocycles. The summed E-state index contributed by atoms with van der Waals surface area (Å²) in [7, 11) is 0. The average Bonchev–Trinajstić information content (AvgIpc) is 3.39. The van der Waals surface area contributed by atoms with Crippen molar-refractivity contribution in [2.24, 2.45) is 22.7 Å². The summed E-state index contributed by atoms with van der Waals surface area (Å²) < 4.78 is 5.51. The molecule has 1 unspecified atom stereocenters. The number of hydrogen-bond acceptors (Lipinski definition) is 7. The summed E-state index contributed by atoms with van der Waals surface area (Å²) in [4.78, 5) is 82.2. The Kier molecular flexibility index (Phi) is 13.0. The third kappa shape index (κ3) is 8.80. The summed E-state index contributed by atoms with van der Waals surface area (Å²) in [6, 6.07) is -3.28. The molecule has 0 aromatic carbocycles. The Labute approximate surface area is 297 Å². The van der Waals surface area contributed by atoms with Gasteiger partial charge in [0.2, 0.25) is 17.6 Å².